The van der Waals surface area contributed by atoms with Gasteiger partial charge in [0.05, 0.1) is 0 Å². The quantitative estimate of drug-likeness (QED) is 0.0590. The van der Waals surface area contributed by atoms with E-state index < -0.39 is 15.7 Å². The molecular weight excluding hydrogens is 1010 g/mol. The van der Waals surface area contributed by atoms with Crippen LogP contribution in [0.1, 0.15) is 130 Å². The monoisotopic (exact) mass is 1090 g/mol. The molecule has 0 radical (unpaired) electrons. The van der Waals surface area contributed by atoms with Crippen LogP contribution in [-0.4, -0.2) is 21.8 Å². The number of hydrogen-bond acceptors (Lipinski definition) is 1. The summed E-state index contributed by atoms with van der Waals surface area (Å²) in [7, 11) is -2.10. The van der Waals surface area contributed by atoms with Crippen molar-refractivity contribution in [2.45, 2.75) is 152 Å². The average molecular weight is 1090 g/mol. The van der Waals surface area contributed by atoms with E-state index in [4.69, 9.17) is 0 Å². The van der Waals surface area contributed by atoms with Crippen molar-refractivity contribution in [3.05, 3.63) is 174 Å². The molecule has 364 valence electrons. The Morgan fingerprint density at radius 1 is 0.439 bits per heavy atom. The van der Waals surface area contributed by atoms with E-state index in [9.17, 15) is 4.57 Å². The predicted octanol–water partition coefficient (Wildman–Crippen LogP) is 17.2. The summed E-state index contributed by atoms with van der Waals surface area (Å²) in [4.78, 5) is 0.699. The molecule has 1 nitrogen and oxygen atoms in total. The van der Waals surface area contributed by atoms with Crippen LogP contribution in [0.25, 0.3) is 0 Å². The predicted molar refractivity (Wildman–Crippen MR) is 299 cm³/mol. The molecule has 4 fully saturated rings. The third-order valence-corrected chi connectivity index (χ3v) is 22.0. The van der Waals surface area contributed by atoms with Crippen LogP contribution in [0.2, 0.25) is 0 Å². The van der Waals surface area contributed by atoms with Gasteiger partial charge in [-0.2, -0.15) is 0 Å². The van der Waals surface area contributed by atoms with Crippen LogP contribution in [0, 0.1) is 34.1 Å². The van der Waals surface area contributed by atoms with Gasteiger partial charge in [0.15, 0.2) is 11.0 Å². The number of hydrogen-bond donors (Lipinski definition) is 0. The molecule has 0 aromatic heterocycles. The molecule has 0 bridgehead atoms. The maximum Gasteiger partial charge on any atom is 2.00 e. The van der Waals surface area contributed by atoms with Gasteiger partial charge in [0.2, 0.25) is 0 Å². The van der Waals surface area contributed by atoms with Gasteiger partial charge in [-0.1, -0.05) is 258 Å². The van der Waals surface area contributed by atoms with Gasteiger partial charge in [0.1, 0.15) is 0 Å². The Balaban J connectivity index is 0.000000979. The minimum Gasteiger partial charge on any atom is -0.358 e. The first-order chi connectivity index (χ1) is 30.0. The first kappa shape index (κ1) is 64.6. The molecule has 4 saturated carbocycles. The van der Waals surface area contributed by atoms with Crippen LogP contribution in [-0.2, 0) is 38.7 Å². The van der Waals surface area contributed by atoms with Gasteiger partial charge in [-0.3, -0.25) is 0 Å². The minimum atomic E-state index is -1.35. The van der Waals surface area contributed by atoms with Crippen LogP contribution >= 0.6 is 39.6 Å². The second-order valence-corrected chi connectivity index (χ2v) is 25.2. The molecule has 5 aromatic rings. The molecule has 0 N–H and O–H groups in total. The van der Waals surface area contributed by atoms with Crippen LogP contribution in [0.4, 0.5) is 0 Å². The van der Waals surface area contributed by atoms with Gasteiger partial charge in [0, 0.05) is 27.8 Å². The largest absolute Gasteiger partial charge is 2.00 e. The minimum absolute atomic E-state index is 0. The summed E-state index contributed by atoms with van der Waals surface area (Å²) >= 11 is 3.93. The van der Waals surface area contributed by atoms with E-state index in [-0.39, 0.29) is 64.3 Å². The van der Waals surface area contributed by atoms with Gasteiger partial charge in [-0.25, -0.2) is 0 Å². The second-order valence-electron chi connectivity index (χ2n) is 17.0. The van der Waals surface area contributed by atoms with Crippen LogP contribution in [0.3, 0.4) is 0 Å². The maximum atomic E-state index is 13.4. The van der Waals surface area contributed by atoms with Gasteiger partial charge < -0.3 is 22.3 Å². The first-order valence-electron chi connectivity index (χ1n) is 24.0. The van der Waals surface area contributed by atoms with Crippen molar-refractivity contribution in [1.29, 1.82) is 0 Å². The summed E-state index contributed by atoms with van der Waals surface area (Å²) in [5.41, 5.74) is 1.52. The van der Waals surface area contributed by atoms with E-state index in [1.54, 1.807) is 0 Å². The molecule has 0 saturated heterocycles. The zero-order valence-corrected chi connectivity index (χ0v) is 48.0. The van der Waals surface area contributed by atoms with E-state index in [0.717, 1.165) is 23.3 Å². The maximum absolute atomic E-state index is 13.4. The normalized spacial score (nSPS) is 20.0. The molecule has 4 aliphatic rings. The van der Waals surface area contributed by atoms with Crippen molar-refractivity contribution >= 4 is 66.1 Å². The molecule has 4 aliphatic carbocycles. The first-order valence-corrected chi connectivity index (χ1v) is 29.0. The Labute approximate surface area is 439 Å². The molecule has 7 atom stereocenters. The van der Waals surface area contributed by atoms with Crippen LogP contribution in [0.15, 0.2) is 152 Å². The molecule has 7 heteroatoms. The third-order valence-electron chi connectivity index (χ3n) is 13.0. The Hall–Kier alpha value is -1.42. The summed E-state index contributed by atoms with van der Waals surface area (Å²) < 4.78 is 13.4. The number of rotatable bonds is 10. The van der Waals surface area contributed by atoms with Crippen molar-refractivity contribution in [3.8, 4) is 0 Å². The summed E-state index contributed by atoms with van der Waals surface area (Å²) in [5, 5.41) is 6.90. The fourth-order valence-corrected chi connectivity index (χ4v) is 19.2. The fraction of sp³-hybridized carbons (Fsp3) is 0.441. The zero-order chi connectivity index (χ0) is 43.1. The number of halogens is 1. The molecule has 66 heavy (non-hydrogen) atoms. The number of benzene rings is 5. The Morgan fingerprint density at radius 2 is 0.712 bits per heavy atom. The van der Waals surface area contributed by atoms with E-state index in [0.29, 0.717) is 22.1 Å². The molecule has 0 aliphatic heterocycles. The Kier molecular flexibility index (Phi) is 36.6. The molecular formula is C59H84BrFe2OP3. The van der Waals surface area contributed by atoms with E-state index in [1.165, 1.54) is 118 Å². The summed E-state index contributed by atoms with van der Waals surface area (Å²) in [6.45, 7) is 8.87. The summed E-state index contributed by atoms with van der Waals surface area (Å²) in [6, 6.07) is 54.2. The van der Waals surface area contributed by atoms with Crippen molar-refractivity contribution < 1.29 is 38.7 Å². The van der Waals surface area contributed by atoms with E-state index >= 15 is 0 Å². The van der Waals surface area contributed by atoms with Crippen LogP contribution < -0.4 is 26.5 Å². The van der Waals surface area contributed by atoms with E-state index in [2.05, 4.69) is 151 Å². The number of alkyl halides is 1. The zero-order valence-electron chi connectivity index (χ0n) is 41.5. The Morgan fingerprint density at radius 3 is 1.02 bits per heavy atom. The fourth-order valence-electron chi connectivity index (χ4n) is 9.82. The van der Waals surface area contributed by atoms with Crippen molar-refractivity contribution in [1.82, 2.24) is 0 Å². The molecule has 0 amide bonds. The molecule has 5 unspecified atom stereocenters. The topological polar surface area (TPSA) is 17.1 Å². The second kappa shape index (κ2) is 37.4. The third kappa shape index (κ3) is 20.1. The molecule has 0 spiro atoms. The smallest absolute Gasteiger partial charge is 0.358 e. The molecule has 0 heterocycles. The van der Waals surface area contributed by atoms with Crippen molar-refractivity contribution in [2.75, 3.05) is 0 Å². The SMILES string of the molecule is C1CCCC1.C1CCCC1.CC.C[C@@H](C1CCCC1[P+](=O)c1ccccc1)P(c1ccccc1)c1ccccc1.C[C@H](C1CCCC1Br)P(c1ccccc1)c1ccccc1.[CH3-].[CH3-].[CH3-].[Fe+2].[Fe]. The van der Waals surface area contributed by atoms with Crippen molar-refractivity contribution in [3.63, 3.8) is 0 Å². The van der Waals surface area contributed by atoms with Gasteiger partial charge in [0.25, 0.3) is 0 Å². The molecule has 9 rings (SSSR count). The summed E-state index contributed by atoms with van der Waals surface area (Å²) in [6.07, 6.45) is 22.6. The van der Waals surface area contributed by atoms with Gasteiger partial charge in [-0.05, 0) is 98.5 Å². The van der Waals surface area contributed by atoms with Gasteiger partial charge >= 0.3 is 24.9 Å². The molecule has 5 aromatic carbocycles. The summed E-state index contributed by atoms with van der Waals surface area (Å²) in [5.74, 6) is 1.31. The van der Waals surface area contributed by atoms with Crippen molar-refractivity contribution in [2.24, 2.45) is 11.8 Å². The standard InChI is InChI=1S/C25H27OP2.C19H22BrP.2C5H10.C2H6.3CH3.2Fe/c1-20(24-18-11-19-25(24)28(26)23-16-9-4-10-17-23)27(21-12-5-2-6-13-21)22-14-7-3-8-15-22;1-15(18-13-8-14-19(18)20)21(16-9-4-2-5-10-16)17-11-6-3-7-12-17;2*1-2-4-5-3-1;1-2;;;;;/h2-10,12-17,20,24-25H,11,18-19H2,1H3;2-7,9-12,15,18-19H,8,13-14H2,1H3;2*1-5H2;1-2H3;3*1H3;;/q+1;;;;;3*-1;;+2/t20-,24?,25?;15-,18?,19?;;;;;;;;/m01......../s1. The van der Waals surface area contributed by atoms with Crippen LogP contribution in [0.5, 0.6) is 0 Å². The Bertz CT molecular complexity index is 1780. The van der Waals surface area contributed by atoms with Gasteiger partial charge in [-0.15, -0.1) is 0 Å². The van der Waals surface area contributed by atoms with E-state index in [1.807, 2.05) is 44.2 Å². The average Bonchev–Trinajstić information content (AvgIpc) is 4.20.